The van der Waals surface area contributed by atoms with Gasteiger partial charge in [0.15, 0.2) is 0 Å². The molecule has 0 radical (unpaired) electrons. The molecule has 2 aliphatic heterocycles. The summed E-state index contributed by atoms with van der Waals surface area (Å²) in [6, 6.07) is 6.01. The van der Waals surface area contributed by atoms with E-state index in [-0.39, 0.29) is 5.95 Å². The summed E-state index contributed by atoms with van der Waals surface area (Å²) in [7, 11) is 0. The molecule has 3 aromatic heterocycles. The molecule has 11 heteroatoms. The molecule has 0 bridgehead atoms. The monoisotopic (exact) mass is 485 g/mol. The van der Waals surface area contributed by atoms with E-state index in [1.807, 2.05) is 12.1 Å². The zero-order valence-electron chi connectivity index (χ0n) is 17.8. The van der Waals surface area contributed by atoms with Crippen LogP contribution in [-0.2, 0) is 12.6 Å². The van der Waals surface area contributed by atoms with Crippen LogP contribution in [0.2, 0.25) is 5.02 Å². The molecule has 34 heavy (non-hydrogen) atoms. The maximum absolute atomic E-state index is 13.4. The summed E-state index contributed by atoms with van der Waals surface area (Å²) >= 11 is 6.25. The van der Waals surface area contributed by atoms with E-state index >= 15 is 0 Å². The van der Waals surface area contributed by atoms with Crippen molar-refractivity contribution in [2.45, 2.75) is 25.1 Å². The molecule has 1 aromatic carbocycles. The number of halogens is 4. The Balaban J connectivity index is 1.48. The van der Waals surface area contributed by atoms with Gasteiger partial charge in [0.25, 0.3) is 0 Å². The summed E-state index contributed by atoms with van der Waals surface area (Å²) in [5.41, 5.74) is 2.59. The molecule has 1 unspecified atom stereocenters. The minimum absolute atomic E-state index is 0.00832. The maximum Gasteiger partial charge on any atom is 0.433 e. The van der Waals surface area contributed by atoms with Gasteiger partial charge in [0.1, 0.15) is 11.7 Å². The van der Waals surface area contributed by atoms with Crippen LogP contribution in [0.3, 0.4) is 0 Å². The van der Waals surface area contributed by atoms with Crippen LogP contribution in [0.25, 0.3) is 10.9 Å². The molecule has 6 rings (SSSR count). The fourth-order valence-electron chi connectivity index (χ4n) is 4.62. The molecule has 4 aromatic rings. The van der Waals surface area contributed by atoms with Crippen LogP contribution < -0.4 is 9.80 Å². The number of rotatable bonds is 3. The van der Waals surface area contributed by atoms with Gasteiger partial charge in [-0.25, -0.2) is 19.9 Å². The second-order valence-corrected chi connectivity index (χ2v) is 8.89. The van der Waals surface area contributed by atoms with Crippen molar-refractivity contribution >= 4 is 34.4 Å². The molecule has 2 aliphatic rings. The molecule has 5 heterocycles. The van der Waals surface area contributed by atoms with Gasteiger partial charge in [-0.1, -0.05) is 11.6 Å². The number of anilines is 2. The largest absolute Gasteiger partial charge is 0.433 e. The molecule has 0 amide bonds. The SMILES string of the molecule is FC(F)(F)c1ccnc(N2CCc3c([nH]c4ccc(Cl)cc34)C2c2cnc(N3CCC3)nc2)n1. The summed E-state index contributed by atoms with van der Waals surface area (Å²) in [5.74, 6) is 0.658. The van der Waals surface area contributed by atoms with Crippen LogP contribution in [0.5, 0.6) is 0 Å². The predicted octanol–water partition coefficient (Wildman–Crippen LogP) is 4.78. The lowest BCUT2D eigenvalue weighted by molar-refractivity contribution is -0.141. The Hall–Kier alpha value is -3.40. The normalized spacial score (nSPS) is 18.2. The molecule has 1 N–H and O–H groups in total. The number of H-pyrrole nitrogens is 1. The topological polar surface area (TPSA) is 73.8 Å². The van der Waals surface area contributed by atoms with Gasteiger partial charge in [-0.05, 0) is 42.7 Å². The standard InChI is InChI=1S/C23H19ClF3N7/c24-14-2-3-17-16(10-14)15-5-9-34(22-28-6-4-18(32-22)23(25,26)27)20(19(15)31-17)13-11-29-21(30-12-13)33-7-1-8-33/h2-4,6,10-12,20,31H,1,5,7-9H2. The second-order valence-electron chi connectivity index (χ2n) is 8.45. The molecule has 1 saturated heterocycles. The number of alkyl halides is 3. The number of nitrogens with zero attached hydrogens (tertiary/aromatic N) is 6. The average molecular weight is 486 g/mol. The van der Waals surface area contributed by atoms with E-state index in [0.29, 0.717) is 23.9 Å². The lowest BCUT2D eigenvalue weighted by atomic mass is 9.94. The van der Waals surface area contributed by atoms with E-state index in [9.17, 15) is 13.2 Å². The highest BCUT2D eigenvalue weighted by atomic mass is 35.5. The van der Waals surface area contributed by atoms with Gasteiger partial charge in [-0.3, -0.25) is 0 Å². The molecular formula is C23H19ClF3N7. The second kappa shape index (κ2) is 7.83. The average Bonchev–Trinajstić information content (AvgIpc) is 3.15. The van der Waals surface area contributed by atoms with Gasteiger partial charge >= 0.3 is 6.18 Å². The lowest BCUT2D eigenvalue weighted by Gasteiger charge is -2.36. The number of aromatic nitrogens is 5. The molecule has 0 saturated carbocycles. The third-order valence-electron chi connectivity index (χ3n) is 6.39. The van der Waals surface area contributed by atoms with Crippen molar-refractivity contribution in [3.05, 3.63) is 70.4 Å². The first-order valence-electron chi connectivity index (χ1n) is 10.9. The molecule has 0 aliphatic carbocycles. The fraction of sp³-hybridized carbons (Fsp3) is 0.304. The Labute approximate surface area is 197 Å². The summed E-state index contributed by atoms with van der Waals surface area (Å²) in [5, 5.41) is 1.62. The van der Waals surface area contributed by atoms with Gasteiger partial charge in [0.05, 0.1) is 0 Å². The number of fused-ring (bicyclic) bond motifs is 3. The molecule has 1 atom stereocenters. The van der Waals surface area contributed by atoms with E-state index < -0.39 is 17.9 Å². The first kappa shape index (κ1) is 21.2. The first-order chi connectivity index (χ1) is 16.4. The number of benzene rings is 1. The van der Waals surface area contributed by atoms with Crippen LogP contribution in [0, 0.1) is 0 Å². The highest BCUT2D eigenvalue weighted by molar-refractivity contribution is 6.31. The Morgan fingerprint density at radius 1 is 1.00 bits per heavy atom. The number of aromatic amines is 1. The van der Waals surface area contributed by atoms with Gasteiger partial charge in [-0.15, -0.1) is 0 Å². The lowest BCUT2D eigenvalue weighted by Crippen LogP contribution is -2.39. The molecule has 174 valence electrons. The number of nitrogens with one attached hydrogen (secondary N) is 1. The van der Waals surface area contributed by atoms with E-state index in [4.69, 9.17) is 11.6 Å². The van der Waals surface area contributed by atoms with E-state index in [1.54, 1.807) is 23.4 Å². The molecular weight excluding hydrogens is 467 g/mol. The quantitative estimate of drug-likeness (QED) is 0.450. The minimum atomic E-state index is -4.56. The van der Waals surface area contributed by atoms with Crippen molar-refractivity contribution in [3.63, 3.8) is 0 Å². The van der Waals surface area contributed by atoms with E-state index in [0.717, 1.165) is 59.5 Å². The molecule has 0 spiro atoms. The third-order valence-corrected chi connectivity index (χ3v) is 6.63. The zero-order chi connectivity index (χ0) is 23.4. The van der Waals surface area contributed by atoms with Crippen molar-refractivity contribution in [1.29, 1.82) is 0 Å². The van der Waals surface area contributed by atoms with E-state index in [1.165, 1.54) is 0 Å². The van der Waals surface area contributed by atoms with Crippen LogP contribution >= 0.6 is 11.6 Å². The number of hydrogen-bond acceptors (Lipinski definition) is 6. The van der Waals surface area contributed by atoms with Gasteiger partial charge < -0.3 is 14.8 Å². The highest BCUT2D eigenvalue weighted by Gasteiger charge is 2.37. The Bertz CT molecular complexity index is 1370. The fourth-order valence-corrected chi connectivity index (χ4v) is 4.79. The van der Waals surface area contributed by atoms with Crippen molar-refractivity contribution in [3.8, 4) is 0 Å². The van der Waals surface area contributed by atoms with Crippen LogP contribution in [-0.4, -0.2) is 44.6 Å². The van der Waals surface area contributed by atoms with Crippen LogP contribution in [0.15, 0.2) is 42.9 Å². The van der Waals surface area contributed by atoms with Crippen molar-refractivity contribution in [2.75, 3.05) is 29.4 Å². The van der Waals surface area contributed by atoms with Crippen LogP contribution in [0.1, 0.15) is 35.0 Å². The molecule has 1 fully saturated rings. The maximum atomic E-state index is 13.4. The number of hydrogen-bond donors (Lipinski definition) is 1. The summed E-state index contributed by atoms with van der Waals surface area (Å²) in [6.07, 6.45) is 1.76. The van der Waals surface area contributed by atoms with Gasteiger partial charge in [0, 0.05) is 65.4 Å². The summed E-state index contributed by atoms with van der Waals surface area (Å²) < 4.78 is 40.1. The highest BCUT2D eigenvalue weighted by Crippen LogP contribution is 2.41. The van der Waals surface area contributed by atoms with Crippen molar-refractivity contribution < 1.29 is 13.2 Å². The van der Waals surface area contributed by atoms with Crippen LogP contribution in [0.4, 0.5) is 25.1 Å². The Morgan fingerprint density at radius 3 is 2.50 bits per heavy atom. The van der Waals surface area contributed by atoms with Crippen molar-refractivity contribution in [1.82, 2.24) is 24.9 Å². The first-order valence-corrected chi connectivity index (χ1v) is 11.3. The van der Waals surface area contributed by atoms with E-state index in [2.05, 4.69) is 29.8 Å². The Morgan fingerprint density at radius 2 is 1.79 bits per heavy atom. The Kier molecular flexibility index (Phi) is 4.87. The molecule has 7 nitrogen and oxygen atoms in total. The van der Waals surface area contributed by atoms with Crippen molar-refractivity contribution in [2.24, 2.45) is 0 Å². The summed E-state index contributed by atoms with van der Waals surface area (Å²) in [6.45, 7) is 2.26. The van der Waals surface area contributed by atoms with Gasteiger partial charge in [-0.2, -0.15) is 13.2 Å². The minimum Gasteiger partial charge on any atom is -0.356 e. The smallest absolute Gasteiger partial charge is 0.356 e. The third kappa shape index (κ3) is 3.53. The zero-order valence-corrected chi connectivity index (χ0v) is 18.6. The predicted molar refractivity (Wildman–Crippen MR) is 122 cm³/mol. The summed E-state index contributed by atoms with van der Waals surface area (Å²) in [4.78, 5) is 24.4. The van der Waals surface area contributed by atoms with Gasteiger partial charge in [0.2, 0.25) is 11.9 Å².